The van der Waals surface area contributed by atoms with E-state index in [0.29, 0.717) is 24.2 Å². The lowest BCUT2D eigenvalue weighted by Crippen LogP contribution is -2.33. The normalized spacial score (nSPS) is 12.8. The summed E-state index contributed by atoms with van der Waals surface area (Å²) in [5.74, 6) is -2.11. The van der Waals surface area contributed by atoms with E-state index in [2.05, 4.69) is 16.0 Å². The van der Waals surface area contributed by atoms with Gasteiger partial charge in [0.2, 0.25) is 11.8 Å². The van der Waals surface area contributed by atoms with Crippen LogP contribution in [0.2, 0.25) is 5.02 Å². The first-order valence-electron chi connectivity index (χ1n) is 7.89. The van der Waals surface area contributed by atoms with E-state index in [1.54, 1.807) is 12.1 Å². The minimum atomic E-state index is -0.777. The van der Waals surface area contributed by atoms with Crippen molar-refractivity contribution < 1.29 is 18.8 Å². The second kappa shape index (κ2) is 7.53. The van der Waals surface area contributed by atoms with Crippen LogP contribution in [0, 0.1) is 5.82 Å². The number of amides is 3. The van der Waals surface area contributed by atoms with Gasteiger partial charge in [-0.25, -0.2) is 4.39 Å². The number of anilines is 2. The van der Waals surface area contributed by atoms with Gasteiger partial charge in [-0.05, 0) is 36.2 Å². The van der Waals surface area contributed by atoms with E-state index in [1.807, 2.05) is 6.07 Å². The lowest BCUT2D eigenvalue weighted by atomic mass is 10.0. The van der Waals surface area contributed by atoms with Crippen LogP contribution in [-0.4, -0.2) is 24.3 Å². The highest BCUT2D eigenvalue weighted by Crippen LogP contribution is 2.25. The van der Waals surface area contributed by atoms with Gasteiger partial charge in [0.25, 0.3) is 5.91 Å². The molecule has 0 fully saturated rings. The van der Waals surface area contributed by atoms with Crippen LogP contribution in [0.1, 0.15) is 22.3 Å². The Hall–Kier alpha value is -2.93. The molecule has 8 heteroatoms. The fourth-order valence-electron chi connectivity index (χ4n) is 2.62. The van der Waals surface area contributed by atoms with Crippen LogP contribution in [0.15, 0.2) is 36.4 Å². The molecule has 0 aromatic heterocycles. The Morgan fingerprint density at radius 2 is 2.00 bits per heavy atom. The lowest BCUT2D eigenvalue weighted by molar-refractivity contribution is -0.116. The highest BCUT2D eigenvalue weighted by molar-refractivity contribution is 6.33. The molecule has 3 amide bonds. The van der Waals surface area contributed by atoms with Gasteiger partial charge in [0.05, 0.1) is 17.1 Å². The Morgan fingerprint density at radius 3 is 2.77 bits per heavy atom. The Labute approximate surface area is 153 Å². The molecule has 1 heterocycles. The van der Waals surface area contributed by atoms with Crippen molar-refractivity contribution >= 4 is 40.7 Å². The van der Waals surface area contributed by atoms with Crippen LogP contribution in [0.4, 0.5) is 15.8 Å². The van der Waals surface area contributed by atoms with Crippen molar-refractivity contribution in [3.8, 4) is 0 Å². The summed E-state index contributed by atoms with van der Waals surface area (Å²) in [6.45, 7) is -0.354. The molecule has 0 spiro atoms. The van der Waals surface area contributed by atoms with Gasteiger partial charge in [0.1, 0.15) is 5.82 Å². The molecule has 0 unspecified atom stereocenters. The zero-order valence-corrected chi connectivity index (χ0v) is 14.3. The van der Waals surface area contributed by atoms with Gasteiger partial charge in [0, 0.05) is 17.8 Å². The zero-order chi connectivity index (χ0) is 18.7. The summed E-state index contributed by atoms with van der Waals surface area (Å²) in [6.07, 6.45) is 1.08. The molecule has 0 atom stereocenters. The summed E-state index contributed by atoms with van der Waals surface area (Å²) < 4.78 is 13.7. The van der Waals surface area contributed by atoms with Crippen molar-refractivity contribution in [3.05, 3.63) is 58.4 Å². The van der Waals surface area contributed by atoms with E-state index in [9.17, 15) is 18.8 Å². The van der Waals surface area contributed by atoms with Gasteiger partial charge in [0.15, 0.2) is 0 Å². The number of benzene rings is 2. The first-order chi connectivity index (χ1) is 12.4. The summed E-state index contributed by atoms with van der Waals surface area (Å²) in [5, 5.41) is 7.64. The molecule has 0 bridgehead atoms. The standard InChI is InChI=1S/C18H15ClFN3O3/c19-12-2-1-3-13(20)17(12)18(26)21-9-16(25)22-11-6-4-10-5-7-15(24)23-14(10)8-11/h1-4,6,8H,5,7,9H2,(H,21,26)(H,22,25)(H,23,24). The Morgan fingerprint density at radius 1 is 1.19 bits per heavy atom. The van der Waals surface area contributed by atoms with Gasteiger partial charge in [-0.2, -0.15) is 0 Å². The predicted octanol–water partition coefficient (Wildman–Crippen LogP) is 2.73. The largest absolute Gasteiger partial charge is 0.343 e. The molecule has 0 aliphatic carbocycles. The van der Waals surface area contributed by atoms with Crippen molar-refractivity contribution in [2.75, 3.05) is 17.2 Å². The molecule has 2 aromatic carbocycles. The number of carbonyl (C=O) groups is 3. The summed E-state index contributed by atoms with van der Waals surface area (Å²) >= 11 is 5.81. The van der Waals surface area contributed by atoms with Crippen LogP contribution in [-0.2, 0) is 16.0 Å². The lowest BCUT2D eigenvalue weighted by Gasteiger charge is -2.17. The second-order valence-corrected chi connectivity index (χ2v) is 6.15. The van der Waals surface area contributed by atoms with E-state index < -0.39 is 17.6 Å². The monoisotopic (exact) mass is 375 g/mol. The molecular formula is C18H15ClFN3O3. The molecule has 0 radical (unpaired) electrons. The molecule has 1 aliphatic rings. The molecule has 2 aromatic rings. The number of halogens is 2. The Balaban J connectivity index is 1.60. The second-order valence-electron chi connectivity index (χ2n) is 5.75. The number of hydrogen-bond acceptors (Lipinski definition) is 3. The molecular weight excluding hydrogens is 361 g/mol. The van der Waals surface area contributed by atoms with Crippen molar-refractivity contribution in [1.29, 1.82) is 0 Å². The van der Waals surface area contributed by atoms with E-state index in [4.69, 9.17) is 11.6 Å². The minimum absolute atomic E-state index is 0.0339. The number of hydrogen-bond donors (Lipinski definition) is 3. The zero-order valence-electron chi connectivity index (χ0n) is 13.6. The highest BCUT2D eigenvalue weighted by atomic mass is 35.5. The third-order valence-electron chi connectivity index (χ3n) is 3.89. The third kappa shape index (κ3) is 4.00. The molecule has 0 saturated heterocycles. The number of carbonyl (C=O) groups excluding carboxylic acids is 3. The van der Waals surface area contributed by atoms with Gasteiger partial charge < -0.3 is 16.0 Å². The van der Waals surface area contributed by atoms with Crippen LogP contribution in [0.25, 0.3) is 0 Å². The molecule has 1 aliphatic heterocycles. The number of aryl methyl sites for hydroxylation is 1. The Bertz CT molecular complexity index is 881. The van der Waals surface area contributed by atoms with E-state index >= 15 is 0 Å². The first kappa shape index (κ1) is 17.9. The minimum Gasteiger partial charge on any atom is -0.343 e. The van der Waals surface area contributed by atoms with Crippen LogP contribution >= 0.6 is 11.6 Å². The summed E-state index contributed by atoms with van der Waals surface area (Å²) in [4.78, 5) is 35.5. The van der Waals surface area contributed by atoms with Crippen LogP contribution < -0.4 is 16.0 Å². The molecule has 26 heavy (non-hydrogen) atoms. The van der Waals surface area contributed by atoms with E-state index in [1.165, 1.54) is 12.1 Å². The number of nitrogens with one attached hydrogen (secondary N) is 3. The number of rotatable bonds is 4. The van der Waals surface area contributed by atoms with E-state index in [0.717, 1.165) is 11.6 Å². The van der Waals surface area contributed by atoms with Gasteiger partial charge in [-0.15, -0.1) is 0 Å². The maximum atomic E-state index is 13.7. The molecule has 6 nitrogen and oxygen atoms in total. The molecule has 3 N–H and O–H groups in total. The summed E-state index contributed by atoms with van der Waals surface area (Å²) in [7, 11) is 0. The third-order valence-corrected chi connectivity index (χ3v) is 4.20. The van der Waals surface area contributed by atoms with Crippen molar-refractivity contribution in [2.24, 2.45) is 0 Å². The fourth-order valence-corrected chi connectivity index (χ4v) is 2.87. The maximum absolute atomic E-state index is 13.7. The van der Waals surface area contributed by atoms with Gasteiger partial charge in [-0.1, -0.05) is 23.7 Å². The predicted molar refractivity (Wildman–Crippen MR) is 95.8 cm³/mol. The van der Waals surface area contributed by atoms with Crippen molar-refractivity contribution in [2.45, 2.75) is 12.8 Å². The molecule has 3 rings (SSSR count). The van der Waals surface area contributed by atoms with Crippen LogP contribution in [0.5, 0.6) is 0 Å². The number of fused-ring (bicyclic) bond motifs is 1. The molecule has 134 valence electrons. The van der Waals surface area contributed by atoms with Gasteiger partial charge in [-0.3, -0.25) is 14.4 Å². The first-order valence-corrected chi connectivity index (χ1v) is 8.26. The summed E-state index contributed by atoms with van der Waals surface area (Å²) in [5.41, 5.74) is 1.82. The SMILES string of the molecule is O=C(CNC(=O)c1c(F)cccc1Cl)Nc1ccc2c(c1)NC(=O)CC2. The van der Waals surface area contributed by atoms with Gasteiger partial charge >= 0.3 is 0 Å². The average Bonchev–Trinajstić information content (AvgIpc) is 2.59. The fraction of sp³-hybridized carbons (Fsp3) is 0.167. The van der Waals surface area contributed by atoms with Crippen molar-refractivity contribution in [3.63, 3.8) is 0 Å². The van der Waals surface area contributed by atoms with Crippen LogP contribution in [0.3, 0.4) is 0 Å². The van der Waals surface area contributed by atoms with E-state index in [-0.39, 0.29) is 23.0 Å². The quantitative estimate of drug-likeness (QED) is 0.767. The maximum Gasteiger partial charge on any atom is 0.256 e. The summed E-state index contributed by atoms with van der Waals surface area (Å²) in [6, 6.07) is 9.07. The topological polar surface area (TPSA) is 87.3 Å². The molecule has 0 saturated carbocycles. The smallest absolute Gasteiger partial charge is 0.256 e. The Kier molecular flexibility index (Phi) is 5.18. The van der Waals surface area contributed by atoms with Crippen molar-refractivity contribution in [1.82, 2.24) is 5.32 Å². The average molecular weight is 376 g/mol. The highest BCUT2D eigenvalue weighted by Gasteiger charge is 2.17.